The molecule has 0 atom stereocenters. The van der Waals surface area contributed by atoms with Crippen LogP contribution < -0.4 is 10.1 Å². The van der Waals surface area contributed by atoms with E-state index < -0.39 is 0 Å². The molecule has 0 aliphatic carbocycles. The van der Waals surface area contributed by atoms with Gasteiger partial charge in [0, 0.05) is 27.2 Å². The number of ether oxygens (including phenoxy) is 2. The number of rotatable bonds is 8. The first kappa shape index (κ1) is 14.5. The molecule has 6 heteroatoms. The Hall–Kier alpha value is -1.92. The van der Waals surface area contributed by atoms with Crippen LogP contribution in [0.2, 0.25) is 0 Å². The number of nitrogens with one attached hydrogen (secondary N) is 1. The summed E-state index contributed by atoms with van der Waals surface area (Å²) in [5, 5.41) is 7.30. The average Bonchev–Trinajstić information content (AvgIpc) is 2.88. The van der Waals surface area contributed by atoms with Crippen LogP contribution in [0.3, 0.4) is 0 Å². The summed E-state index contributed by atoms with van der Waals surface area (Å²) in [6.45, 7) is 2.81. The molecule has 6 nitrogen and oxygen atoms in total. The van der Waals surface area contributed by atoms with Crippen molar-refractivity contribution in [3.05, 3.63) is 42.0 Å². The lowest BCUT2D eigenvalue weighted by Crippen LogP contribution is -2.18. The second kappa shape index (κ2) is 7.62. The van der Waals surface area contributed by atoms with Gasteiger partial charge in [-0.3, -0.25) is 4.68 Å². The van der Waals surface area contributed by atoms with Crippen LogP contribution in [-0.2, 0) is 24.9 Å². The lowest BCUT2D eigenvalue weighted by Gasteiger charge is -2.07. The van der Waals surface area contributed by atoms with Crippen molar-refractivity contribution in [3.63, 3.8) is 0 Å². The monoisotopic (exact) mass is 276 g/mol. The van der Waals surface area contributed by atoms with Crippen LogP contribution in [0.5, 0.6) is 5.75 Å². The second-order valence-electron chi connectivity index (χ2n) is 4.40. The predicted octanol–water partition coefficient (Wildman–Crippen LogP) is 1.13. The van der Waals surface area contributed by atoms with Gasteiger partial charge in [-0.25, -0.2) is 4.98 Å². The first-order valence-electron chi connectivity index (χ1n) is 6.54. The van der Waals surface area contributed by atoms with Crippen LogP contribution in [0.1, 0.15) is 11.4 Å². The molecule has 0 aliphatic heterocycles. The molecule has 1 N–H and O–H groups in total. The van der Waals surface area contributed by atoms with Crippen LogP contribution in [0, 0.1) is 0 Å². The van der Waals surface area contributed by atoms with E-state index in [-0.39, 0.29) is 0 Å². The van der Waals surface area contributed by atoms with Gasteiger partial charge >= 0.3 is 0 Å². The molecule has 2 aromatic rings. The van der Waals surface area contributed by atoms with E-state index in [1.165, 1.54) is 11.9 Å². The largest absolute Gasteiger partial charge is 0.486 e. The van der Waals surface area contributed by atoms with Crippen LogP contribution in [0.4, 0.5) is 0 Å². The van der Waals surface area contributed by atoms with E-state index in [2.05, 4.69) is 15.4 Å². The van der Waals surface area contributed by atoms with Crippen molar-refractivity contribution in [2.24, 2.45) is 7.05 Å². The Bertz CT molecular complexity index is 510. The van der Waals surface area contributed by atoms with E-state index in [1.807, 2.05) is 31.3 Å². The molecule has 1 aromatic heterocycles. The van der Waals surface area contributed by atoms with Gasteiger partial charge in [0.25, 0.3) is 0 Å². The number of hydrogen-bond acceptors (Lipinski definition) is 5. The Morgan fingerprint density at radius 2 is 2.05 bits per heavy atom. The minimum Gasteiger partial charge on any atom is -0.486 e. The maximum absolute atomic E-state index is 5.67. The molecule has 0 bridgehead atoms. The lowest BCUT2D eigenvalue weighted by atomic mass is 10.2. The Kier molecular flexibility index (Phi) is 5.52. The summed E-state index contributed by atoms with van der Waals surface area (Å²) in [6.07, 6.45) is 1.52. The van der Waals surface area contributed by atoms with Crippen LogP contribution >= 0.6 is 0 Å². The maximum Gasteiger partial charge on any atom is 0.164 e. The van der Waals surface area contributed by atoms with Gasteiger partial charge in [-0.05, 0) is 17.7 Å². The Labute approximate surface area is 118 Å². The second-order valence-corrected chi connectivity index (χ2v) is 4.40. The third-order valence-corrected chi connectivity index (χ3v) is 2.91. The van der Waals surface area contributed by atoms with E-state index in [1.54, 1.807) is 11.8 Å². The van der Waals surface area contributed by atoms with E-state index in [0.29, 0.717) is 6.61 Å². The van der Waals surface area contributed by atoms with E-state index in [4.69, 9.17) is 9.47 Å². The SMILES string of the molecule is COCCNCc1ccc(OCc2ncnn2C)cc1. The van der Waals surface area contributed by atoms with Crippen molar-refractivity contribution in [1.82, 2.24) is 20.1 Å². The normalized spacial score (nSPS) is 10.7. The highest BCUT2D eigenvalue weighted by Gasteiger charge is 2.01. The summed E-state index contributed by atoms with van der Waals surface area (Å²) in [4.78, 5) is 4.11. The predicted molar refractivity (Wildman–Crippen MR) is 75.4 cm³/mol. The Balaban J connectivity index is 1.78. The number of methoxy groups -OCH3 is 1. The first-order valence-corrected chi connectivity index (χ1v) is 6.54. The third-order valence-electron chi connectivity index (χ3n) is 2.91. The molecule has 0 amide bonds. The maximum atomic E-state index is 5.67. The van der Waals surface area contributed by atoms with Crippen LogP contribution in [-0.4, -0.2) is 35.0 Å². The van der Waals surface area contributed by atoms with Crippen LogP contribution in [0.15, 0.2) is 30.6 Å². The number of hydrogen-bond donors (Lipinski definition) is 1. The van der Waals surface area contributed by atoms with Crippen molar-refractivity contribution in [2.75, 3.05) is 20.3 Å². The highest BCUT2D eigenvalue weighted by molar-refractivity contribution is 5.27. The molecule has 2 rings (SSSR count). The minimum absolute atomic E-state index is 0.419. The van der Waals surface area contributed by atoms with Gasteiger partial charge < -0.3 is 14.8 Å². The van der Waals surface area contributed by atoms with Gasteiger partial charge in [-0.15, -0.1) is 0 Å². The molecule has 1 heterocycles. The van der Waals surface area contributed by atoms with Crippen LogP contribution in [0.25, 0.3) is 0 Å². The standard InChI is InChI=1S/C14H20N4O2/c1-18-14(16-11-17-18)10-20-13-5-3-12(4-6-13)9-15-7-8-19-2/h3-6,11,15H,7-10H2,1-2H3. The summed E-state index contributed by atoms with van der Waals surface area (Å²) in [5.41, 5.74) is 1.21. The lowest BCUT2D eigenvalue weighted by molar-refractivity contribution is 0.199. The number of aryl methyl sites for hydroxylation is 1. The zero-order chi connectivity index (χ0) is 14.2. The van der Waals surface area contributed by atoms with Gasteiger partial charge in [-0.2, -0.15) is 5.10 Å². The molecule has 0 saturated heterocycles. The quantitative estimate of drug-likeness (QED) is 0.732. The topological polar surface area (TPSA) is 61.2 Å². The molecule has 20 heavy (non-hydrogen) atoms. The van der Waals surface area contributed by atoms with Crippen molar-refractivity contribution >= 4 is 0 Å². The minimum atomic E-state index is 0.419. The zero-order valence-corrected chi connectivity index (χ0v) is 11.9. The molecule has 1 aromatic carbocycles. The molecular weight excluding hydrogens is 256 g/mol. The fourth-order valence-electron chi connectivity index (χ4n) is 1.71. The van der Waals surface area contributed by atoms with E-state index in [0.717, 1.165) is 31.3 Å². The first-order chi connectivity index (χ1) is 9.79. The fraction of sp³-hybridized carbons (Fsp3) is 0.429. The zero-order valence-electron chi connectivity index (χ0n) is 11.9. The summed E-state index contributed by atoms with van der Waals surface area (Å²) in [6, 6.07) is 8.02. The molecular formula is C14H20N4O2. The van der Waals surface area contributed by atoms with Gasteiger partial charge in [0.1, 0.15) is 18.7 Å². The van der Waals surface area contributed by atoms with Gasteiger partial charge in [0.15, 0.2) is 5.82 Å². The van der Waals surface area contributed by atoms with E-state index in [9.17, 15) is 0 Å². The van der Waals surface area contributed by atoms with Crippen molar-refractivity contribution in [2.45, 2.75) is 13.2 Å². The number of nitrogens with zero attached hydrogens (tertiary/aromatic N) is 3. The summed E-state index contributed by atoms with van der Waals surface area (Å²) in [5.74, 6) is 1.63. The van der Waals surface area contributed by atoms with Crippen molar-refractivity contribution < 1.29 is 9.47 Å². The molecule has 0 fully saturated rings. The van der Waals surface area contributed by atoms with E-state index >= 15 is 0 Å². The summed E-state index contributed by atoms with van der Waals surface area (Å²) in [7, 11) is 3.55. The fourth-order valence-corrected chi connectivity index (χ4v) is 1.71. The Morgan fingerprint density at radius 3 is 2.70 bits per heavy atom. The third kappa shape index (κ3) is 4.32. The number of benzene rings is 1. The molecule has 108 valence electrons. The van der Waals surface area contributed by atoms with Crippen molar-refractivity contribution in [1.29, 1.82) is 0 Å². The molecule has 0 radical (unpaired) electrons. The molecule has 0 saturated carbocycles. The molecule has 0 spiro atoms. The number of aromatic nitrogens is 3. The highest BCUT2D eigenvalue weighted by Crippen LogP contribution is 2.13. The molecule has 0 unspecified atom stereocenters. The highest BCUT2D eigenvalue weighted by atomic mass is 16.5. The summed E-state index contributed by atoms with van der Waals surface area (Å²) >= 11 is 0. The Morgan fingerprint density at radius 1 is 1.25 bits per heavy atom. The summed E-state index contributed by atoms with van der Waals surface area (Å²) < 4.78 is 12.3. The van der Waals surface area contributed by atoms with Gasteiger partial charge in [-0.1, -0.05) is 12.1 Å². The van der Waals surface area contributed by atoms with Gasteiger partial charge in [0.05, 0.1) is 6.61 Å². The molecule has 0 aliphatic rings. The smallest absolute Gasteiger partial charge is 0.164 e. The van der Waals surface area contributed by atoms with Crippen molar-refractivity contribution in [3.8, 4) is 5.75 Å². The average molecular weight is 276 g/mol. The van der Waals surface area contributed by atoms with Gasteiger partial charge in [0.2, 0.25) is 0 Å².